The molecule has 1 amide bonds. The molecule has 2 aromatic carbocycles. The van der Waals surface area contributed by atoms with Gasteiger partial charge in [0.15, 0.2) is 0 Å². The second-order valence-electron chi connectivity index (χ2n) is 4.00. The number of amides is 1. The predicted octanol–water partition coefficient (Wildman–Crippen LogP) is 4.12. The first kappa shape index (κ1) is 15.6. The zero-order valence-corrected chi connectivity index (χ0v) is 12.7. The molecule has 0 aromatic heterocycles. The molecule has 7 heteroatoms. The van der Waals surface area contributed by atoms with Gasteiger partial charge in [0, 0.05) is 10.6 Å². The molecule has 21 heavy (non-hydrogen) atoms. The molecule has 0 unspecified atom stereocenters. The van der Waals surface area contributed by atoms with Crippen LogP contribution in [-0.2, 0) is 0 Å². The highest BCUT2D eigenvalue weighted by Gasteiger charge is 2.11. The average molecular weight is 344 g/mol. The van der Waals surface area contributed by atoms with Crippen LogP contribution in [0.15, 0.2) is 41.5 Å². The first-order valence-electron chi connectivity index (χ1n) is 5.75. The van der Waals surface area contributed by atoms with E-state index in [0.29, 0.717) is 20.6 Å². The topological polar surface area (TPSA) is 61.7 Å². The Bertz CT molecular complexity index is 697. The molecule has 0 heterocycles. The maximum absolute atomic E-state index is 11.9. The normalized spacial score (nSPS) is 10.8. The number of carbonyl (C=O) groups excluding carboxylic acids is 1. The minimum Gasteiger partial charge on any atom is -0.507 e. The Morgan fingerprint density at radius 1 is 1.14 bits per heavy atom. The number of hydrogen-bond donors (Lipinski definition) is 2. The van der Waals surface area contributed by atoms with E-state index in [1.165, 1.54) is 24.4 Å². The standard InChI is InChI=1S/C14H9Cl3N2O2/c15-8-4-5-13(20)9(6-8)14(21)19-18-7-10-11(16)2-1-3-12(10)17/h1-7,20H,(H,19,21)/b18-7-. The van der Waals surface area contributed by atoms with Crippen LogP contribution in [0.4, 0.5) is 0 Å². The van der Waals surface area contributed by atoms with Crippen LogP contribution in [0.1, 0.15) is 15.9 Å². The van der Waals surface area contributed by atoms with E-state index in [2.05, 4.69) is 10.5 Å². The molecule has 0 bridgehead atoms. The van der Waals surface area contributed by atoms with Crippen LogP contribution in [0.5, 0.6) is 5.75 Å². The van der Waals surface area contributed by atoms with Gasteiger partial charge in [0.25, 0.3) is 5.91 Å². The maximum Gasteiger partial charge on any atom is 0.275 e. The van der Waals surface area contributed by atoms with Crippen molar-refractivity contribution >= 4 is 46.9 Å². The second-order valence-corrected chi connectivity index (χ2v) is 5.25. The smallest absolute Gasteiger partial charge is 0.275 e. The number of hydrogen-bond acceptors (Lipinski definition) is 3. The minimum absolute atomic E-state index is 0.0184. The molecule has 0 aliphatic carbocycles. The van der Waals surface area contributed by atoms with Crippen molar-refractivity contribution in [3.63, 3.8) is 0 Å². The summed E-state index contributed by atoms with van der Waals surface area (Å²) in [7, 11) is 0. The summed E-state index contributed by atoms with van der Waals surface area (Å²) in [5, 5.41) is 14.5. The highest BCUT2D eigenvalue weighted by atomic mass is 35.5. The van der Waals surface area contributed by atoms with Crippen molar-refractivity contribution in [3.8, 4) is 5.75 Å². The van der Waals surface area contributed by atoms with Crippen LogP contribution in [0.25, 0.3) is 0 Å². The summed E-state index contributed by atoms with van der Waals surface area (Å²) < 4.78 is 0. The molecule has 0 radical (unpaired) electrons. The lowest BCUT2D eigenvalue weighted by atomic mass is 10.2. The summed E-state index contributed by atoms with van der Waals surface area (Å²) in [4.78, 5) is 11.9. The van der Waals surface area contributed by atoms with E-state index >= 15 is 0 Å². The number of phenols is 1. The zero-order valence-electron chi connectivity index (χ0n) is 10.5. The van der Waals surface area contributed by atoms with Gasteiger partial charge in [-0.1, -0.05) is 40.9 Å². The van der Waals surface area contributed by atoms with Gasteiger partial charge in [0.2, 0.25) is 0 Å². The first-order chi connectivity index (χ1) is 9.99. The van der Waals surface area contributed by atoms with E-state index in [0.717, 1.165) is 0 Å². The zero-order chi connectivity index (χ0) is 15.4. The van der Waals surface area contributed by atoms with Crippen LogP contribution in [-0.4, -0.2) is 17.2 Å². The summed E-state index contributed by atoms with van der Waals surface area (Å²) in [6.07, 6.45) is 1.32. The Morgan fingerprint density at radius 3 is 2.48 bits per heavy atom. The number of halogens is 3. The van der Waals surface area contributed by atoms with Crippen LogP contribution >= 0.6 is 34.8 Å². The van der Waals surface area contributed by atoms with Crippen molar-refractivity contribution < 1.29 is 9.90 Å². The third kappa shape index (κ3) is 3.88. The SMILES string of the molecule is O=C(N/N=C\c1c(Cl)cccc1Cl)c1cc(Cl)ccc1O. The molecule has 2 N–H and O–H groups in total. The molecule has 2 aromatic rings. The molecule has 0 saturated carbocycles. The summed E-state index contributed by atoms with van der Waals surface area (Å²) in [6.45, 7) is 0. The molecule has 0 saturated heterocycles. The van der Waals surface area contributed by atoms with E-state index in [-0.39, 0.29) is 11.3 Å². The number of aromatic hydroxyl groups is 1. The van der Waals surface area contributed by atoms with Gasteiger partial charge in [-0.3, -0.25) is 4.79 Å². The lowest BCUT2D eigenvalue weighted by molar-refractivity contribution is 0.0952. The summed E-state index contributed by atoms with van der Waals surface area (Å²) in [5.74, 6) is -0.794. The largest absolute Gasteiger partial charge is 0.507 e. The Morgan fingerprint density at radius 2 is 1.81 bits per heavy atom. The lowest BCUT2D eigenvalue weighted by Gasteiger charge is -2.04. The average Bonchev–Trinajstić information content (AvgIpc) is 2.44. The van der Waals surface area contributed by atoms with E-state index in [1.807, 2.05) is 0 Å². The van der Waals surface area contributed by atoms with Gasteiger partial charge < -0.3 is 5.11 Å². The molecule has 0 fully saturated rings. The van der Waals surface area contributed by atoms with Gasteiger partial charge in [-0.15, -0.1) is 0 Å². The van der Waals surface area contributed by atoms with Gasteiger partial charge in [-0.05, 0) is 30.3 Å². The molecule has 0 spiro atoms. The fourth-order valence-electron chi connectivity index (χ4n) is 1.54. The minimum atomic E-state index is -0.602. The van der Waals surface area contributed by atoms with Crippen LogP contribution in [0, 0.1) is 0 Å². The van der Waals surface area contributed by atoms with Crippen LogP contribution < -0.4 is 5.43 Å². The molecule has 0 atom stereocenters. The van der Waals surface area contributed by atoms with Crippen LogP contribution in [0.2, 0.25) is 15.1 Å². The number of carbonyl (C=O) groups is 1. The third-order valence-electron chi connectivity index (χ3n) is 2.56. The van der Waals surface area contributed by atoms with Crippen molar-refractivity contribution in [2.75, 3.05) is 0 Å². The number of phenolic OH excluding ortho intramolecular Hbond substituents is 1. The van der Waals surface area contributed by atoms with Crippen LogP contribution in [0.3, 0.4) is 0 Å². The monoisotopic (exact) mass is 342 g/mol. The van der Waals surface area contributed by atoms with Crippen molar-refractivity contribution in [3.05, 3.63) is 62.6 Å². The van der Waals surface area contributed by atoms with Gasteiger partial charge in [0.05, 0.1) is 21.8 Å². The molecule has 0 aliphatic rings. The Balaban J connectivity index is 2.14. The van der Waals surface area contributed by atoms with E-state index < -0.39 is 5.91 Å². The quantitative estimate of drug-likeness (QED) is 0.650. The van der Waals surface area contributed by atoms with Gasteiger partial charge in [-0.25, -0.2) is 5.43 Å². The molecule has 4 nitrogen and oxygen atoms in total. The Labute approximate surface area is 135 Å². The maximum atomic E-state index is 11.9. The van der Waals surface area contributed by atoms with E-state index in [4.69, 9.17) is 34.8 Å². The number of hydrazone groups is 1. The number of rotatable bonds is 3. The Kier molecular flexibility index (Phi) is 5.07. The highest BCUT2D eigenvalue weighted by molar-refractivity contribution is 6.38. The van der Waals surface area contributed by atoms with E-state index in [1.54, 1.807) is 18.2 Å². The molecule has 0 aliphatic heterocycles. The van der Waals surface area contributed by atoms with Crippen molar-refractivity contribution in [2.45, 2.75) is 0 Å². The summed E-state index contributed by atoms with van der Waals surface area (Å²) >= 11 is 17.7. The number of nitrogens with one attached hydrogen (secondary N) is 1. The Hall–Kier alpha value is -1.75. The third-order valence-corrected chi connectivity index (χ3v) is 3.46. The fraction of sp³-hybridized carbons (Fsp3) is 0. The lowest BCUT2D eigenvalue weighted by Crippen LogP contribution is -2.17. The highest BCUT2D eigenvalue weighted by Crippen LogP contribution is 2.23. The molecule has 108 valence electrons. The van der Waals surface area contributed by atoms with Crippen molar-refractivity contribution in [2.24, 2.45) is 5.10 Å². The summed E-state index contributed by atoms with van der Waals surface area (Å²) in [6, 6.07) is 9.14. The second kappa shape index (κ2) is 6.80. The van der Waals surface area contributed by atoms with Gasteiger partial charge in [0.1, 0.15) is 5.75 Å². The summed E-state index contributed by atoms with van der Waals surface area (Å²) in [5.41, 5.74) is 2.77. The van der Waals surface area contributed by atoms with Gasteiger partial charge >= 0.3 is 0 Å². The van der Waals surface area contributed by atoms with Gasteiger partial charge in [-0.2, -0.15) is 5.10 Å². The molecular weight excluding hydrogens is 335 g/mol. The number of nitrogens with zero attached hydrogens (tertiary/aromatic N) is 1. The molecule has 2 rings (SSSR count). The van der Waals surface area contributed by atoms with Crippen molar-refractivity contribution in [1.29, 1.82) is 0 Å². The predicted molar refractivity (Wildman–Crippen MR) is 84.6 cm³/mol. The molecular formula is C14H9Cl3N2O2. The number of benzene rings is 2. The van der Waals surface area contributed by atoms with E-state index in [9.17, 15) is 9.90 Å². The fourth-order valence-corrected chi connectivity index (χ4v) is 2.21. The first-order valence-corrected chi connectivity index (χ1v) is 6.88. The van der Waals surface area contributed by atoms with Crippen molar-refractivity contribution in [1.82, 2.24) is 5.43 Å².